The van der Waals surface area contributed by atoms with Gasteiger partial charge in [0.2, 0.25) is 0 Å². The molecule has 0 aliphatic carbocycles. The smallest absolute Gasteiger partial charge is 0.257 e. The molecule has 0 atom stereocenters. The maximum absolute atomic E-state index is 12.9. The quantitative estimate of drug-likeness (QED) is 0.454. The lowest BCUT2D eigenvalue weighted by Gasteiger charge is -2.36. The number of anilines is 2. The van der Waals surface area contributed by atoms with Crippen LogP contribution in [0.3, 0.4) is 0 Å². The predicted molar refractivity (Wildman–Crippen MR) is 150 cm³/mol. The summed E-state index contributed by atoms with van der Waals surface area (Å²) in [5.74, 6) is -0.203. The number of hydrogen-bond donors (Lipinski definition) is 2. The Kier molecular flexibility index (Phi) is 7.91. The van der Waals surface area contributed by atoms with Gasteiger partial charge in [-0.3, -0.25) is 14.9 Å². The molecule has 1 heterocycles. The summed E-state index contributed by atoms with van der Waals surface area (Å²) in [7, 11) is 0. The third-order valence-electron chi connectivity index (χ3n) is 6.48. The van der Waals surface area contributed by atoms with Gasteiger partial charge in [0.1, 0.15) is 0 Å². The van der Waals surface area contributed by atoms with Crippen LogP contribution in [-0.4, -0.2) is 48.0 Å². The summed E-state index contributed by atoms with van der Waals surface area (Å²) in [6, 6.07) is 18.8. The highest BCUT2D eigenvalue weighted by Crippen LogP contribution is 2.30. The van der Waals surface area contributed by atoms with Crippen molar-refractivity contribution in [3.05, 3.63) is 93.5 Å². The number of hydrogen-bond acceptors (Lipinski definition) is 4. The van der Waals surface area contributed by atoms with Crippen LogP contribution in [0.5, 0.6) is 0 Å². The van der Waals surface area contributed by atoms with Crippen molar-refractivity contribution < 1.29 is 9.59 Å². The predicted octanol–water partition coefficient (Wildman–Crippen LogP) is 5.35. The minimum absolute atomic E-state index is 0.0646. The molecule has 1 saturated heterocycles. The van der Waals surface area contributed by atoms with E-state index in [9.17, 15) is 9.59 Å². The van der Waals surface area contributed by atoms with Crippen molar-refractivity contribution in [3.8, 4) is 0 Å². The van der Waals surface area contributed by atoms with Gasteiger partial charge in [-0.05, 0) is 86.1 Å². The van der Waals surface area contributed by atoms with Crippen LogP contribution in [0.15, 0.2) is 60.7 Å². The highest BCUT2D eigenvalue weighted by Gasteiger charge is 2.24. The van der Waals surface area contributed by atoms with Crippen molar-refractivity contribution in [3.63, 3.8) is 0 Å². The minimum Gasteiger partial charge on any atom is -0.367 e. The summed E-state index contributed by atoms with van der Waals surface area (Å²) < 4.78 is 0. The number of amides is 2. The standard InChI is InChI=1S/C28H29ClN4O2S/c1-18-8-9-21(16-20(18)3)26(34)31-28(36)30-22-10-11-25(24(29)17-22)32-12-14-33(15-13-32)27(35)23-7-5-4-6-19(23)2/h4-11,16-17H,12-15H2,1-3H3,(H2,30,31,34,36). The van der Waals surface area contributed by atoms with E-state index < -0.39 is 0 Å². The minimum atomic E-state index is -0.267. The molecule has 0 aromatic heterocycles. The fourth-order valence-electron chi connectivity index (χ4n) is 4.20. The number of halogens is 1. The maximum atomic E-state index is 12.9. The van der Waals surface area contributed by atoms with Crippen LogP contribution in [0, 0.1) is 20.8 Å². The summed E-state index contributed by atoms with van der Waals surface area (Å²) in [5, 5.41) is 6.51. The Bertz CT molecular complexity index is 1320. The van der Waals surface area contributed by atoms with Gasteiger partial charge in [0.25, 0.3) is 11.8 Å². The Hall–Kier alpha value is -3.42. The van der Waals surface area contributed by atoms with E-state index in [1.807, 2.05) is 74.2 Å². The molecule has 1 aliphatic heterocycles. The number of nitrogens with one attached hydrogen (secondary N) is 2. The van der Waals surface area contributed by atoms with E-state index in [0.717, 1.165) is 27.9 Å². The van der Waals surface area contributed by atoms with Crippen molar-refractivity contribution in [2.45, 2.75) is 20.8 Å². The molecule has 0 radical (unpaired) electrons. The number of thiocarbonyl (C=S) groups is 1. The van der Waals surface area contributed by atoms with E-state index >= 15 is 0 Å². The third kappa shape index (κ3) is 5.86. The fourth-order valence-corrected chi connectivity index (χ4v) is 4.71. The van der Waals surface area contributed by atoms with Crippen molar-refractivity contribution >= 4 is 52.1 Å². The van der Waals surface area contributed by atoms with Crippen molar-refractivity contribution in [1.29, 1.82) is 0 Å². The molecule has 0 bridgehead atoms. The van der Waals surface area contributed by atoms with Gasteiger partial charge in [0.05, 0.1) is 10.7 Å². The molecule has 8 heteroatoms. The molecular formula is C28H29ClN4O2S. The Balaban J connectivity index is 1.34. The molecular weight excluding hydrogens is 492 g/mol. The Labute approximate surface area is 222 Å². The average molecular weight is 521 g/mol. The highest BCUT2D eigenvalue weighted by molar-refractivity contribution is 7.80. The van der Waals surface area contributed by atoms with Gasteiger partial charge < -0.3 is 15.1 Å². The zero-order chi connectivity index (χ0) is 25.8. The topological polar surface area (TPSA) is 64.7 Å². The molecule has 2 N–H and O–H groups in total. The second-order valence-electron chi connectivity index (χ2n) is 8.97. The molecule has 0 saturated carbocycles. The van der Waals surface area contributed by atoms with Crippen LogP contribution in [0.2, 0.25) is 5.02 Å². The van der Waals surface area contributed by atoms with E-state index in [0.29, 0.717) is 42.5 Å². The van der Waals surface area contributed by atoms with E-state index in [1.54, 1.807) is 12.1 Å². The Morgan fingerprint density at radius 3 is 2.25 bits per heavy atom. The number of carbonyl (C=O) groups is 2. The second kappa shape index (κ2) is 11.1. The van der Waals surface area contributed by atoms with Crippen LogP contribution in [0.25, 0.3) is 0 Å². The number of rotatable bonds is 4. The average Bonchev–Trinajstić information content (AvgIpc) is 2.86. The number of aryl methyl sites for hydroxylation is 3. The zero-order valence-corrected chi connectivity index (χ0v) is 22.2. The van der Waals surface area contributed by atoms with Crippen molar-refractivity contribution in [2.75, 3.05) is 36.4 Å². The first-order valence-corrected chi connectivity index (χ1v) is 12.6. The maximum Gasteiger partial charge on any atom is 0.257 e. The first-order valence-electron chi connectivity index (χ1n) is 11.8. The van der Waals surface area contributed by atoms with Gasteiger partial charge in [-0.25, -0.2) is 0 Å². The van der Waals surface area contributed by atoms with Crippen LogP contribution in [-0.2, 0) is 0 Å². The summed E-state index contributed by atoms with van der Waals surface area (Å²) in [6.45, 7) is 8.55. The highest BCUT2D eigenvalue weighted by atomic mass is 35.5. The van der Waals surface area contributed by atoms with E-state index in [4.69, 9.17) is 23.8 Å². The summed E-state index contributed by atoms with van der Waals surface area (Å²) in [4.78, 5) is 29.5. The molecule has 3 aromatic carbocycles. The molecule has 2 amide bonds. The molecule has 0 spiro atoms. The van der Waals surface area contributed by atoms with E-state index in [1.165, 1.54) is 0 Å². The van der Waals surface area contributed by atoms with Crippen LogP contribution in [0.4, 0.5) is 11.4 Å². The first-order chi connectivity index (χ1) is 17.2. The lowest BCUT2D eigenvalue weighted by atomic mass is 10.1. The molecule has 6 nitrogen and oxygen atoms in total. The fraction of sp³-hybridized carbons (Fsp3) is 0.250. The SMILES string of the molecule is Cc1ccc(C(=O)NC(=S)Nc2ccc(N3CCN(C(=O)c4ccccc4C)CC3)c(Cl)c2)cc1C. The lowest BCUT2D eigenvalue weighted by Crippen LogP contribution is -2.49. The third-order valence-corrected chi connectivity index (χ3v) is 6.99. The van der Waals surface area contributed by atoms with Gasteiger partial charge in [-0.15, -0.1) is 0 Å². The van der Waals surface area contributed by atoms with Gasteiger partial charge >= 0.3 is 0 Å². The van der Waals surface area contributed by atoms with Crippen molar-refractivity contribution in [2.24, 2.45) is 0 Å². The largest absolute Gasteiger partial charge is 0.367 e. The van der Waals surface area contributed by atoms with Gasteiger partial charge in [-0.1, -0.05) is 35.9 Å². The number of piperazine rings is 1. The molecule has 0 unspecified atom stereocenters. The first kappa shape index (κ1) is 25.7. The van der Waals surface area contributed by atoms with Crippen LogP contribution in [0.1, 0.15) is 37.4 Å². The number of carbonyl (C=O) groups excluding carboxylic acids is 2. The van der Waals surface area contributed by atoms with Gasteiger partial charge in [-0.2, -0.15) is 0 Å². The molecule has 36 heavy (non-hydrogen) atoms. The Morgan fingerprint density at radius 2 is 1.58 bits per heavy atom. The molecule has 3 aromatic rings. The summed E-state index contributed by atoms with van der Waals surface area (Å²) >= 11 is 11.9. The lowest BCUT2D eigenvalue weighted by molar-refractivity contribution is 0.0746. The Morgan fingerprint density at radius 1 is 0.861 bits per heavy atom. The van der Waals surface area contributed by atoms with Crippen LogP contribution < -0.4 is 15.5 Å². The molecule has 1 fully saturated rings. The summed E-state index contributed by atoms with van der Waals surface area (Å²) in [5.41, 5.74) is 6.04. The zero-order valence-electron chi connectivity index (χ0n) is 20.6. The molecule has 4 rings (SSSR count). The monoisotopic (exact) mass is 520 g/mol. The number of benzene rings is 3. The molecule has 1 aliphatic rings. The summed E-state index contributed by atoms with van der Waals surface area (Å²) in [6.07, 6.45) is 0. The van der Waals surface area contributed by atoms with Gasteiger partial charge in [0.15, 0.2) is 5.11 Å². The van der Waals surface area contributed by atoms with Gasteiger partial charge in [0, 0.05) is 43.0 Å². The van der Waals surface area contributed by atoms with Crippen LogP contribution >= 0.6 is 23.8 Å². The normalized spacial score (nSPS) is 13.3. The van der Waals surface area contributed by atoms with E-state index in [-0.39, 0.29) is 16.9 Å². The molecule has 186 valence electrons. The van der Waals surface area contributed by atoms with Crippen molar-refractivity contribution in [1.82, 2.24) is 10.2 Å². The second-order valence-corrected chi connectivity index (χ2v) is 9.78. The van der Waals surface area contributed by atoms with E-state index in [2.05, 4.69) is 15.5 Å². The number of nitrogens with zero attached hydrogens (tertiary/aromatic N) is 2.